The Morgan fingerprint density at radius 1 is 1.40 bits per heavy atom. The van der Waals surface area contributed by atoms with Crippen molar-refractivity contribution >= 4 is 35.9 Å². The number of halogens is 2. The molecule has 1 fully saturated rings. The van der Waals surface area contributed by atoms with Gasteiger partial charge in [0.2, 0.25) is 0 Å². The molecule has 0 aromatic heterocycles. The zero-order chi connectivity index (χ0) is 20.6. The largest absolute Gasteiger partial charge is 0.467 e. The van der Waals surface area contributed by atoms with Crippen LogP contribution in [0.25, 0.3) is 0 Å². The smallest absolute Gasteiger partial charge is 0.310 e. The van der Waals surface area contributed by atoms with Crippen LogP contribution in [0.5, 0.6) is 5.75 Å². The van der Waals surface area contributed by atoms with E-state index in [0.29, 0.717) is 38.5 Å². The van der Waals surface area contributed by atoms with Gasteiger partial charge in [0.1, 0.15) is 11.6 Å². The lowest BCUT2D eigenvalue weighted by Crippen LogP contribution is -2.48. The van der Waals surface area contributed by atoms with E-state index >= 15 is 0 Å². The Hall–Kier alpha value is -1.62. The summed E-state index contributed by atoms with van der Waals surface area (Å²) in [5, 5.41) is 3.30. The van der Waals surface area contributed by atoms with E-state index in [0.717, 1.165) is 43.0 Å². The topological polar surface area (TPSA) is 72.4 Å². The molecule has 0 aliphatic carbocycles. The first-order chi connectivity index (χ1) is 14.1. The van der Waals surface area contributed by atoms with Crippen LogP contribution in [0.4, 0.5) is 4.39 Å². The van der Waals surface area contributed by atoms with Gasteiger partial charge < -0.3 is 24.4 Å². The van der Waals surface area contributed by atoms with Crippen LogP contribution in [0.3, 0.4) is 0 Å². The first-order valence-corrected chi connectivity index (χ1v) is 10.3. The zero-order valence-electron chi connectivity index (χ0n) is 17.6. The maximum atomic E-state index is 13.9. The predicted molar refractivity (Wildman–Crippen MR) is 123 cm³/mol. The van der Waals surface area contributed by atoms with Gasteiger partial charge in [0.15, 0.2) is 12.8 Å². The number of nitrogens with zero attached hydrogens (tertiary/aromatic N) is 2. The molecule has 7 nitrogen and oxygen atoms in total. The Morgan fingerprint density at radius 2 is 2.23 bits per heavy atom. The van der Waals surface area contributed by atoms with E-state index in [1.165, 1.54) is 12.1 Å². The van der Waals surface area contributed by atoms with Crippen LogP contribution in [-0.4, -0.2) is 56.4 Å². The fourth-order valence-electron chi connectivity index (χ4n) is 3.77. The number of carbonyl (C=O) groups is 1. The van der Waals surface area contributed by atoms with Crippen molar-refractivity contribution in [1.29, 1.82) is 0 Å². The number of benzene rings is 1. The van der Waals surface area contributed by atoms with Crippen LogP contribution in [-0.2, 0) is 27.3 Å². The lowest BCUT2D eigenvalue weighted by Gasteiger charge is -2.34. The highest BCUT2D eigenvalue weighted by atomic mass is 127. The number of piperidine rings is 1. The maximum Gasteiger partial charge on any atom is 0.310 e. The molecular formula is C21H31FIN3O4. The highest BCUT2D eigenvalue weighted by Gasteiger charge is 2.28. The molecule has 0 amide bonds. The normalized spacial score (nSPS) is 18.7. The summed E-state index contributed by atoms with van der Waals surface area (Å²) in [6.45, 7) is 7.44. The molecule has 1 unspecified atom stereocenters. The molecule has 1 atom stereocenters. The quantitative estimate of drug-likeness (QED) is 0.261. The number of hydrogen-bond donors (Lipinski definition) is 1. The predicted octanol–water partition coefficient (Wildman–Crippen LogP) is 3.09. The summed E-state index contributed by atoms with van der Waals surface area (Å²) in [6.07, 6.45) is 2.31. The molecule has 0 spiro atoms. The fourth-order valence-corrected chi connectivity index (χ4v) is 3.77. The number of hydrogen-bond acceptors (Lipinski definition) is 5. The molecule has 2 aliphatic rings. The van der Waals surface area contributed by atoms with Crippen molar-refractivity contribution in [2.45, 2.75) is 39.7 Å². The first kappa shape index (κ1) is 24.6. The molecule has 3 rings (SSSR count). The van der Waals surface area contributed by atoms with Crippen LogP contribution >= 0.6 is 24.0 Å². The highest BCUT2D eigenvalue weighted by molar-refractivity contribution is 14.0. The number of carbonyl (C=O) groups excluding carboxylic acids is 1. The van der Waals surface area contributed by atoms with Gasteiger partial charge in [0, 0.05) is 31.7 Å². The van der Waals surface area contributed by atoms with Crippen molar-refractivity contribution in [1.82, 2.24) is 10.2 Å². The minimum atomic E-state index is -0.294. The molecular weight excluding hydrogens is 504 g/mol. The molecule has 0 saturated carbocycles. The van der Waals surface area contributed by atoms with Crippen LogP contribution in [0.2, 0.25) is 0 Å². The monoisotopic (exact) mass is 535 g/mol. The summed E-state index contributed by atoms with van der Waals surface area (Å²) in [6, 6.07) is 2.96. The van der Waals surface area contributed by atoms with Crippen LogP contribution in [0, 0.1) is 11.7 Å². The molecule has 1 saturated heterocycles. The Morgan fingerprint density at radius 3 is 3.00 bits per heavy atom. The van der Waals surface area contributed by atoms with Crippen molar-refractivity contribution in [3.63, 3.8) is 0 Å². The second-order valence-corrected chi connectivity index (χ2v) is 7.19. The van der Waals surface area contributed by atoms with Gasteiger partial charge in [-0.25, -0.2) is 4.39 Å². The third-order valence-corrected chi connectivity index (χ3v) is 5.07. The van der Waals surface area contributed by atoms with Gasteiger partial charge in [0.05, 0.1) is 19.1 Å². The fraction of sp³-hybridized carbons (Fsp3) is 0.619. The van der Waals surface area contributed by atoms with Gasteiger partial charge in [-0.3, -0.25) is 9.79 Å². The van der Waals surface area contributed by atoms with Gasteiger partial charge in [0.25, 0.3) is 0 Å². The number of guanidine groups is 1. The Bertz CT molecular complexity index is 747. The lowest BCUT2D eigenvalue weighted by molar-refractivity contribution is -0.149. The van der Waals surface area contributed by atoms with E-state index in [2.05, 4.69) is 10.2 Å². The summed E-state index contributed by atoms with van der Waals surface area (Å²) in [4.78, 5) is 19.0. The summed E-state index contributed by atoms with van der Waals surface area (Å²) < 4.78 is 29.9. The van der Waals surface area contributed by atoms with Crippen LogP contribution < -0.4 is 10.1 Å². The van der Waals surface area contributed by atoms with Gasteiger partial charge in [-0.2, -0.15) is 0 Å². The Labute approximate surface area is 194 Å². The van der Waals surface area contributed by atoms with E-state index in [9.17, 15) is 9.18 Å². The van der Waals surface area contributed by atoms with Crippen molar-refractivity contribution in [2.24, 2.45) is 10.9 Å². The molecule has 2 aliphatic heterocycles. The average molecular weight is 535 g/mol. The molecule has 30 heavy (non-hydrogen) atoms. The Balaban J connectivity index is 0.00000320. The first-order valence-electron chi connectivity index (χ1n) is 10.3. The SMILES string of the molecule is CCNC(=NCCc1cc(F)cc2c1OCOC2)N1CCCC(C(=O)OCC)C1.I. The van der Waals surface area contributed by atoms with Gasteiger partial charge >= 0.3 is 5.97 Å². The highest BCUT2D eigenvalue weighted by Crippen LogP contribution is 2.29. The molecule has 0 radical (unpaired) electrons. The van der Waals surface area contributed by atoms with E-state index in [4.69, 9.17) is 19.2 Å². The Kier molecular flexibility index (Phi) is 10.1. The molecule has 1 aromatic rings. The van der Waals surface area contributed by atoms with Crippen LogP contribution in [0.15, 0.2) is 17.1 Å². The van der Waals surface area contributed by atoms with Gasteiger partial charge in [-0.05, 0) is 50.8 Å². The van der Waals surface area contributed by atoms with Crippen molar-refractivity contribution in [3.8, 4) is 5.75 Å². The van der Waals surface area contributed by atoms with E-state index in [1.807, 2.05) is 13.8 Å². The molecule has 168 valence electrons. The van der Waals surface area contributed by atoms with Gasteiger partial charge in [-0.1, -0.05) is 0 Å². The van der Waals surface area contributed by atoms with E-state index < -0.39 is 0 Å². The third-order valence-electron chi connectivity index (χ3n) is 5.07. The average Bonchev–Trinajstić information content (AvgIpc) is 2.73. The third kappa shape index (κ3) is 6.44. The molecule has 0 bridgehead atoms. The molecule has 9 heteroatoms. The van der Waals surface area contributed by atoms with Gasteiger partial charge in [-0.15, -0.1) is 24.0 Å². The number of ether oxygens (including phenoxy) is 3. The number of nitrogens with one attached hydrogen (secondary N) is 1. The number of fused-ring (bicyclic) bond motifs is 1. The summed E-state index contributed by atoms with van der Waals surface area (Å²) in [5.74, 6) is 0.918. The molecule has 2 heterocycles. The maximum absolute atomic E-state index is 13.9. The minimum Gasteiger partial charge on any atom is -0.467 e. The van der Waals surface area contributed by atoms with Crippen molar-refractivity contribution in [3.05, 3.63) is 29.1 Å². The summed E-state index contributed by atoms with van der Waals surface area (Å²) in [5.41, 5.74) is 1.53. The number of esters is 1. The second kappa shape index (κ2) is 12.3. The van der Waals surface area contributed by atoms with Crippen LogP contribution in [0.1, 0.15) is 37.8 Å². The second-order valence-electron chi connectivity index (χ2n) is 7.19. The van der Waals surface area contributed by atoms with Crippen molar-refractivity contribution in [2.75, 3.05) is 39.6 Å². The zero-order valence-corrected chi connectivity index (χ0v) is 19.9. The van der Waals surface area contributed by atoms with E-state index in [-0.39, 0.29) is 48.5 Å². The lowest BCUT2D eigenvalue weighted by atomic mass is 9.98. The number of likely N-dealkylation sites (tertiary alicyclic amines) is 1. The number of rotatable bonds is 6. The minimum absolute atomic E-state index is 0. The standard InChI is InChI=1S/C21H30FN3O4.HI/c1-3-23-21(25-9-5-6-16(12-25)20(26)28-4-2)24-8-7-15-10-18(22)11-17-13-27-14-29-19(15)17;/h10-11,16H,3-9,12-14H2,1-2H3,(H,23,24);1H. The molecule has 1 aromatic carbocycles. The van der Waals surface area contributed by atoms with Crippen molar-refractivity contribution < 1.29 is 23.4 Å². The van der Waals surface area contributed by atoms with E-state index in [1.54, 1.807) is 0 Å². The summed E-state index contributed by atoms with van der Waals surface area (Å²) >= 11 is 0. The molecule has 1 N–H and O–H groups in total. The summed E-state index contributed by atoms with van der Waals surface area (Å²) in [7, 11) is 0. The number of aliphatic imine (C=N–C) groups is 1.